The van der Waals surface area contributed by atoms with Gasteiger partial charge in [0.05, 0.1) is 10.6 Å². The average Bonchev–Trinajstić information content (AvgIpc) is 2.92. The first kappa shape index (κ1) is 12.2. The second kappa shape index (κ2) is 5.01. The fraction of sp³-hybridized carbons (Fsp3) is 0.286. The van der Waals surface area contributed by atoms with Crippen molar-refractivity contribution in [1.29, 1.82) is 0 Å². The van der Waals surface area contributed by atoms with Crippen LogP contribution >= 0.6 is 11.3 Å². The van der Waals surface area contributed by atoms with Crippen LogP contribution in [0, 0.1) is 13.8 Å². The van der Waals surface area contributed by atoms with Crippen LogP contribution in [0.15, 0.2) is 29.7 Å². The molecular formula is C14H16N4S. The van der Waals surface area contributed by atoms with Crippen molar-refractivity contribution in [2.75, 3.05) is 11.6 Å². The maximum atomic E-state index is 4.50. The third-order valence-electron chi connectivity index (χ3n) is 2.96. The van der Waals surface area contributed by atoms with E-state index in [0.29, 0.717) is 0 Å². The summed E-state index contributed by atoms with van der Waals surface area (Å²) in [4.78, 5) is 10.2. The number of hydrazine groups is 1. The van der Waals surface area contributed by atoms with Gasteiger partial charge >= 0.3 is 0 Å². The number of aryl methyl sites for hydroxylation is 2. The smallest absolute Gasteiger partial charge is 0.244 e. The van der Waals surface area contributed by atoms with Crippen molar-refractivity contribution in [3.8, 4) is 0 Å². The van der Waals surface area contributed by atoms with Gasteiger partial charge in [0.2, 0.25) is 5.95 Å². The van der Waals surface area contributed by atoms with Crippen molar-refractivity contribution in [2.45, 2.75) is 20.3 Å². The Bertz CT molecular complexity index is 584. The molecule has 98 valence electrons. The molecule has 2 aromatic rings. The van der Waals surface area contributed by atoms with Crippen molar-refractivity contribution in [2.24, 2.45) is 0 Å². The van der Waals surface area contributed by atoms with Gasteiger partial charge in [-0.25, -0.2) is 9.97 Å². The summed E-state index contributed by atoms with van der Waals surface area (Å²) in [6, 6.07) is 6.17. The highest BCUT2D eigenvalue weighted by Gasteiger charge is 2.16. The monoisotopic (exact) mass is 272 g/mol. The normalized spacial score (nSPS) is 15.1. The van der Waals surface area contributed by atoms with Crippen LogP contribution in [0.2, 0.25) is 0 Å². The number of nitrogens with one attached hydrogen (secondary N) is 1. The molecule has 4 nitrogen and oxygen atoms in total. The summed E-state index contributed by atoms with van der Waals surface area (Å²) in [5, 5.41) is 4.11. The molecule has 0 amide bonds. The van der Waals surface area contributed by atoms with Crippen molar-refractivity contribution in [3.63, 3.8) is 0 Å². The second-order valence-electron chi connectivity index (χ2n) is 4.60. The molecule has 0 saturated heterocycles. The molecule has 0 radical (unpaired) electrons. The zero-order valence-electron chi connectivity index (χ0n) is 11.1. The summed E-state index contributed by atoms with van der Waals surface area (Å²) in [6.45, 7) is 4.88. The van der Waals surface area contributed by atoms with E-state index < -0.39 is 0 Å². The zero-order chi connectivity index (χ0) is 13.2. The molecule has 1 aliphatic heterocycles. The Morgan fingerprint density at radius 2 is 2.05 bits per heavy atom. The van der Waals surface area contributed by atoms with Gasteiger partial charge in [0.1, 0.15) is 0 Å². The van der Waals surface area contributed by atoms with E-state index in [0.717, 1.165) is 36.0 Å². The van der Waals surface area contributed by atoms with E-state index in [-0.39, 0.29) is 0 Å². The Hall–Kier alpha value is -1.88. The van der Waals surface area contributed by atoms with Crippen LogP contribution in [0.25, 0.3) is 5.70 Å². The molecule has 0 spiro atoms. The maximum absolute atomic E-state index is 4.50. The van der Waals surface area contributed by atoms with E-state index in [9.17, 15) is 0 Å². The van der Waals surface area contributed by atoms with E-state index in [1.807, 2.05) is 24.9 Å². The molecular weight excluding hydrogens is 256 g/mol. The van der Waals surface area contributed by atoms with Crippen LogP contribution in [0.4, 0.5) is 5.95 Å². The minimum absolute atomic E-state index is 0.750. The molecule has 1 aliphatic rings. The standard InChI is InChI=1S/C14H16N4S/c1-10-9-11(2)16-14(15-10)18-7-3-5-12(17-18)13-6-4-8-19-13/h4-6,8-9,17H,3,7H2,1-2H3. The molecule has 0 unspecified atom stereocenters. The van der Waals surface area contributed by atoms with Gasteiger partial charge in [0, 0.05) is 17.9 Å². The van der Waals surface area contributed by atoms with Gasteiger partial charge in [-0.3, -0.25) is 10.4 Å². The zero-order valence-corrected chi connectivity index (χ0v) is 11.9. The molecule has 1 N–H and O–H groups in total. The fourth-order valence-electron chi connectivity index (χ4n) is 2.15. The van der Waals surface area contributed by atoms with Crippen LogP contribution in [-0.2, 0) is 0 Å². The van der Waals surface area contributed by atoms with Crippen LogP contribution in [-0.4, -0.2) is 16.5 Å². The predicted molar refractivity (Wildman–Crippen MR) is 78.9 cm³/mol. The van der Waals surface area contributed by atoms with Crippen LogP contribution in [0.5, 0.6) is 0 Å². The lowest BCUT2D eigenvalue weighted by atomic mass is 10.2. The van der Waals surface area contributed by atoms with Crippen LogP contribution in [0.1, 0.15) is 22.7 Å². The molecule has 5 heteroatoms. The molecule has 0 saturated carbocycles. The van der Waals surface area contributed by atoms with Crippen LogP contribution < -0.4 is 10.4 Å². The number of aromatic nitrogens is 2. The number of hydrogen-bond donors (Lipinski definition) is 1. The molecule has 0 fully saturated rings. The molecule has 0 aromatic carbocycles. The van der Waals surface area contributed by atoms with Gasteiger partial charge in [-0.1, -0.05) is 12.1 Å². The molecule has 0 atom stereocenters. The number of anilines is 1. The van der Waals surface area contributed by atoms with Crippen LogP contribution in [0.3, 0.4) is 0 Å². The second-order valence-corrected chi connectivity index (χ2v) is 5.55. The minimum atomic E-state index is 0.750. The van der Waals surface area contributed by atoms with Gasteiger partial charge in [-0.05, 0) is 37.8 Å². The summed E-state index contributed by atoms with van der Waals surface area (Å²) in [7, 11) is 0. The highest BCUT2D eigenvalue weighted by Crippen LogP contribution is 2.22. The highest BCUT2D eigenvalue weighted by atomic mass is 32.1. The Kier molecular flexibility index (Phi) is 3.21. The number of thiophene rings is 1. The van der Waals surface area contributed by atoms with Gasteiger partial charge in [0.25, 0.3) is 0 Å². The first-order valence-electron chi connectivity index (χ1n) is 6.33. The summed E-state index contributed by atoms with van der Waals surface area (Å²) in [6.07, 6.45) is 3.22. The summed E-state index contributed by atoms with van der Waals surface area (Å²) >= 11 is 1.73. The quantitative estimate of drug-likeness (QED) is 0.912. The summed E-state index contributed by atoms with van der Waals surface area (Å²) in [5.41, 5.74) is 6.54. The number of nitrogens with zero attached hydrogens (tertiary/aromatic N) is 3. The Morgan fingerprint density at radius 3 is 2.74 bits per heavy atom. The van der Waals surface area contributed by atoms with Gasteiger partial charge in [-0.15, -0.1) is 11.3 Å². The fourth-order valence-corrected chi connectivity index (χ4v) is 2.87. The van der Waals surface area contributed by atoms with Gasteiger partial charge in [0.15, 0.2) is 0 Å². The lowest BCUT2D eigenvalue weighted by molar-refractivity contribution is 0.690. The molecule has 0 bridgehead atoms. The third kappa shape index (κ3) is 2.61. The Morgan fingerprint density at radius 1 is 1.26 bits per heavy atom. The first-order valence-corrected chi connectivity index (χ1v) is 7.21. The first-order chi connectivity index (χ1) is 9.22. The SMILES string of the molecule is Cc1cc(C)nc(N2CCC=C(c3cccs3)N2)n1. The lowest BCUT2D eigenvalue weighted by Gasteiger charge is -2.29. The molecule has 3 rings (SSSR count). The summed E-state index contributed by atoms with van der Waals surface area (Å²) < 4.78 is 0. The van der Waals surface area contributed by atoms with Crippen molar-refractivity contribution in [3.05, 3.63) is 45.9 Å². The Labute approximate surface area is 116 Å². The minimum Gasteiger partial charge on any atom is -0.295 e. The number of rotatable bonds is 2. The van der Waals surface area contributed by atoms with E-state index in [1.54, 1.807) is 11.3 Å². The van der Waals surface area contributed by atoms with Crippen molar-refractivity contribution < 1.29 is 0 Å². The molecule has 3 heterocycles. The molecule has 2 aromatic heterocycles. The summed E-state index contributed by atoms with van der Waals surface area (Å²) in [5.74, 6) is 0.750. The van der Waals surface area contributed by atoms with Crippen molar-refractivity contribution in [1.82, 2.24) is 15.4 Å². The average molecular weight is 272 g/mol. The van der Waals surface area contributed by atoms with E-state index in [4.69, 9.17) is 0 Å². The van der Waals surface area contributed by atoms with Gasteiger partial charge in [-0.2, -0.15) is 0 Å². The largest absolute Gasteiger partial charge is 0.295 e. The lowest BCUT2D eigenvalue weighted by Crippen LogP contribution is -2.41. The number of hydrogen-bond acceptors (Lipinski definition) is 5. The van der Waals surface area contributed by atoms with Crippen molar-refractivity contribution >= 4 is 23.0 Å². The van der Waals surface area contributed by atoms with E-state index in [2.05, 4.69) is 39.0 Å². The Balaban J connectivity index is 1.86. The van der Waals surface area contributed by atoms with Gasteiger partial charge < -0.3 is 0 Å². The third-order valence-corrected chi connectivity index (χ3v) is 3.86. The van der Waals surface area contributed by atoms with E-state index in [1.165, 1.54) is 4.88 Å². The molecule has 19 heavy (non-hydrogen) atoms. The predicted octanol–water partition coefficient (Wildman–Crippen LogP) is 2.91. The van der Waals surface area contributed by atoms with E-state index >= 15 is 0 Å². The topological polar surface area (TPSA) is 41.1 Å². The molecule has 0 aliphatic carbocycles. The highest BCUT2D eigenvalue weighted by molar-refractivity contribution is 7.11. The maximum Gasteiger partial charge on any atom is 0.244 e.